The molecule has 0 atom stereocenters. The Bertz CT molecular complexity index is 761. The summed E-state index contributed by atoms with van der Waals surface area (Å²) < 4.78 is 11.2. The zero-order chi connectivity index (χ0) is 11.9. The highest BCUT2D eigenvalue weighted by Crippen LogP contribution is 2.28. The largest absolute Gasteiger partial charge is 0.464 e. The van der Waals surface area contributed by atoms with E-state index in [0.29, 0.717) is 0 Å². The molecule has 3 nitrogen and oxygen atoms in total. The summed E-state index contributed by atoms with van der Waals surface area (Å²) in [7, 11) is 0. The second-order valence-corrected chi connectivity index (χ2v) is 4.15. The molecule has 0 amide bonds. The van der Waals surface area contributed by atoms with E-state index < -0.39 is 0 Å². The van der Waals surface area contributed by atoms with Gasteiger partial charge in [-0.3, -0.25) is 0 Å². The summed E-state index contributed by atoms with van der Waals surface area (Å²) in [6, 6.07) is 8.06. The Balaban J connectivity index is 2.34. The van der Waals surface area contributed by atoms with Gasteiger partial charge in [0.1, 0.15) is 11.5 Å². The fourth-order valence-electron chi connectivity index (χ4n) is 2.39. The highest BCUT2D eigenvalue weighted by molar-refractivity contribution is 5.95. The maximum Gasteiger partial charge on any atom is 0.181 e. The number of rotatable bonds is 0. The normalized spacial score (nSPS) is 14.9. The summed E-state index contributed by atoms with van der Waals surface area (Å²) in [5.74, 6) is 1.71. The van der Waals surface area contributed by atoms with Gasteiger partial charge in [-0.2, -0.15) is 0 Å². The maximum atomic E-state index is 5.66. The lowest BCUT2D eigenvalue weighted by molar-refractivity contribution is 0.477. The second-order valence-electron chi connectivity index (χ2n) is 4.15. The molecule has 0 aromatic heterocycles. The molecular formula is C15H9NO2. The topological polar surface area (TPSA) is 30.8 Å². The molecule has 3 heteroatoms. The summed E-state index contributed by atoms with van der Waals surface area (Å²) in [6.07, 6.45) is 8.85. The monoisotopic (exact) mass is 235 g/mol. The van der Waals surface area contributed by atoms with Gasteiger partial charge >= 0.3 is 0 Å². The van der Waals surface area contributed by atoms with Gasteiger partial charge in [-0.1, -0.05) is 24.3 Å². The van der Waals surface area contributed by atoms with E-state index in [1.165, 1.54) is 6.40 Å². The van der Waals surface area contributed by atoms with Crippen LogP contribution in [0.15, 0.2) is 41.6 Å². The molecule has 2 heterocycles. The first-order chi connectivity index (χ1) is 8.95. The zero-order valence-electron chi connectivity index (χ0n) is 9.46. The van der Waals surface area contributed by atoms with Gasteiger partial charge in [0.15, 0.2) is 6.40 Å². The third-order valence-electron chi connectivity index (χ3n) is 3.16. The van der Waals surface area contributed by atoms with Gasteiger partial charge < -0.3 is 9.47 Å². The highest BCUT2D eigenvalue weighted by atomic mass is 16.5. The van der Waals surface area contributed by atoms with Gasteiger partial charge in [-0.15, -0.1) is 0 Å². The standard InChI is InChI=1S/C15H9NO2/c1-2-5-11-10(4-1)14-12(6-3-7-17-14)13-8-16-9-18-15(11)13/h1-9H. The molecule has 0 spiro atoms. The van der Waals surface area contributed by atoms with Crippen LogP contribution in [0.4, 0.5) is 0 Å². The van der Waals surface area contributed by atoms with E-state index in [2.05, 4.69) is 4.99 Å². The minimum Gasteiger partial charge on any atom is -0.464 e. The van der Waals surface area contributed by atoms with Gasteiger partial charge in [0, 0.05) is 27.4 Å². The average Bonchev–Trinajstić information content (AvgIpc) is 2.48. The first kappa shape index (κ1) is 9.48. The molecule has 0 bridgehead atoms. The minimum atomic E-state index is 0.842. The number of aliphatic imine (C=N–C) groups is 1. The fourth-order valence-corrected chi connectivity index (χ4v) is 2.39. The van der Waals surface area contributed by atoms with Crippen LogP contribution in [0, 0.1) is 0 Å². The van der Waals surface area contributed by atoms with Crippen molar-refractivity contribution >= 4 is 29.4 Å². The van der Waals surface area contributed by atoms with Crippen molar-refractivity contribution in [2.24, 2.45) is 4.99 Å². The van der Waals surface area contributed by atoms with Crippen LogP contribution in [0.1, 0.15) is 0 Å². The van der Waals surface area contributed by atoms with Crippen LogP contribution in [-0.2, 0) is 0 Å². The van der Waals surface area contributed by atoms with Crippen LogP contribution in [-0.4, -0.2) is 6.40 Å². The van der Waals surface area contributed by atoms with Crippen LogP contribution in [0.2, 0.25) is 0 Å². The van der Waals surface area contributed by atoms with Gasteiger partial charge in [-0.05, 0) is 12.2 Å². The van der Waals surface area contributed by atoms with Crippen LogP contribution in [0.3, 0.4) is 0 Å². The van der Waals surface area contributed by atoms with Gasteiger partial charge in [0.2, 0.25) is 0 Å². The van der Waals surface area contributed by atoms with Crippen LogP contribution >= 0.6 is 0 Å². The second kappa shape index (κ2) is 3.47. The Kier molecular flexibility index (Phi) is 1.83. The Labute approximate surface area is 103 Å². The van der Waals surface area contributed by atoms with Crippen molar-refractivity contribution in [2.75, 3.05) is 0 Å². The van der Waals surface area contributed by atoms with E-state index in [0.717, 1.165) is 32.7 Å². The lowest BCUT2D eigenvalue weighted by Gasteiger charge is -2.15. The number of fused-ring (bicyclic) bond motifs is 6. The summed E-state index contributed by atoms with van der Waals surface area (Å²) in [5.41, 5.74) is 0. The van der Waals surface area contributed by atoms with Crippen molar-refractivity contribution in [1.82, 2.24) is 0 Å². The number of hydrogen-bond acceptors (Lipinski definition) is 3. The summed E-state index contributed by atoms with van der Waals surface area (Å²) in [6.45, 7) is 0. The van der Waals surface area contributed by atoms with E-state index in [4.69, 9.17) is 9.47 Å². The van der Waals surface area contributed by atoms with Gasteiger partial charge in [0.05, 0.1) is 6.26 Å². The molecule has 0 saturated heterocycles. The molecule has 0 saturated carbocycles. The predicted molar refractivity (Wildman–Crippen MR) is 71.0 cm³/mol. The molecule has 18 heavy (non-hydrogen) atoms. The summed E-state index contributed by atoms with van der Waals surface area (Å²) in [5, 5.41) is 4.08. The number of nitrogens with zero attached hydrogens (tertiary/aromatic N) is 1. The van der Waals surface area contributed by atoms with Crippen LogP contribution in [0.25, 0.3) is 23.0 Å². The first-order valence-corrected chi connectivity index (χ1v) is 5.72. The van der Waals surface area contributed by atoms with E-state index in [9.17, 15) is 0 Å². The molecule has 2 aliphatic rings. The third kappa shape index (κ3) is 1.16. The molecule has 2 aromatic carbocycles. The Hall–Kier alpha value is -2.55. The fraction of sp³-hybridized carbons (Fsp3) is 0. The number of benzene rings is 2. The van der Waals surface area contributed by atoms with Crippen molar-refractivity contribution in [3.63, 3.8) is 0 Å². The van der Waals surface area contributed by atoms with Crippen molar-refractivity contribution in [3.05, 3.63) is 47.0 Å². The maximum absolute atomic E-state index is 5.66. The molecular weight excluding hydrogens is 226 g/mol. The molecule has 2 aromatic rings. The molecule has 0 fully saturated rings. The average molecular weight is 235 g/mol. The molecule has 0 radical (unpaired) electrons. The molecule has 0 aliphatic carbocycles. The lowest BCUT2D eigenvalue weighted by atomic mass is 10.0. The lowest BCUT2D eigenvalue weighted by Crippen LogP contribution is -2.30. The molecule has 0 N–H and O–H groups in total. The van der Waals surface area contributed by atoms with E-state index in [1.807, 2.05) is 42.6 Å². The number of allylic oxidation sites excluding steroid dienone is 1. The van der Waals surface area contributed by atoms with Crippen molar-refractivity contribution in [3.8, 4) is 11.5 Å². The van der Waals surface area contributed by atoms with E-state index in [1.54, 1.807) is 6.26 Å². The minimum absolute atomic E-state index is 0.842. The van der Waals surface area contributed by atoms with Crippen LogP contribution < -0.4 is 19.9 Å². The van der Waals surface area contributed by atoms with Gasteiger partial charge in [-0.25, -0.2) is 4.99 Å². The Morgan fingerprint density at radius 3 is 2.50 bits per heavy atom. The summed E-state index contributed by atoms with van der Waals surface area (Å²) >= 11 is 0. The Morgan fingerprint density at radius 1 is 0.889 bits per heavy atom. The van der Waals surface area contributed by atoms with Crippen LogP contribution in [0.5, 0.6) is 11.5 Å². The van der Waals surface area contributed by atoms with Gasteiger partial charge in [0.25, 0.3) is 0 Å². The molecule has 0 unspecified atom stereocenters. The van der Waals surface area contributed by atoms with Crippen molar-refractivity contribution in [1.29, 1.82) is 0 Å². The SMILES string of the molecule is C1=COc2c(c3c(c4ccccc24)OC=NC=3)=C1. The third-order valence-corrected chi connectivity index (χ3v) is 3.16. The molecule has 4 rings (SSSR count). The first-order valence-electron chi connectivity index (χ1n) is 5.72. The molecule has 2 aliphatic heterocycles. The molecule has 86 valence electrons. The number of ether oxygens (including phenoxy) is 2. The van der Waals surface area contributed by atoms with Crippen molar-refractivity contribution < 1.29 is 9.47 Å². The smallest absolute Gasteiger partial charge is 0.181 e. The zero-order valence-corrected chi connectivity index (χ0v) is 9.46. The highest BCUT2D eigenvalue weighted by Gasteiger charge is 2.15. The quantitative estimate of drug-likeness (QED) is 0.695. The summed E-state index contributed by atoms with van der Waals surface area (Å²) in [4.78, 5) is 4.06. The van der Waals surface area contributed by atoms with E-state index in [-0.39, 0.29) is 0 Å². The predicted octanol–water partition coefficient (Wildman–Crippen LogP) is 1.69. The van der Waals surface area contributed by atoms with Crippen molar-refractivity contribution in [2.45, 2.75) is 0 Å². The number of hydrogen-bond donors (Lipinski definition) is 0. The van der Waals surface area contributed by atoms with E-state index >= 15 is 0 Å². The Morgan fingerprint density at radius 2 is 1.67 bits per heavy atom.